The topological polar surface area (TPSA) is 138 Å². The van der Waals surface area contributed by atoms with Gasteiger partial charge < -0.3 is 29.7 Å². The van der Waals surface area contributed by atoms with Crippen molar-refractivity contribution in [2.45, 2.75) is 63.2 Å². The molecule has 13 heteroatoms. The van der Waals surface area contributed by atoms with Gasteiger partial charge in [0.25, 0.3) is 15.9 Å². The first-order valence-corrected chi connectivity index (χ1v) is 17.9. The largest absolute Gasteiger partial charge is 0.490 e. The van der Waals surface area contributed by atoms with E-state index in [0.717, 1.165) is 12.8 Å². The van der Waals surface area contributed by atoms with Crippen LogP contribution >= 0.6 is 11.6 Å². The van der Waals surface area contributed by atoms with Gasteiger partial charge >= 0.3 is 6.03 Å². The van der Waals surface area contributed by atoms with Gasteiger partial charge in [-0.25, -0.2) is 13.2 Å². The van der Waals surface area contributed by atoms with Gasteiger partial charge in [0, 0.05) is 49.1 Å². The van der Waals surface area contributed by atoms with E-state index < -0.39 is 28.1 Å². The van der Waals surface area contributed by atoms with E-state index in [1.54, 1.807) is 35.9 Å². The van der Waals surface area contributed by atoms with Gasteiger partial charge in [-0.3, -0.25) is 9.52 Å². The van der Waals surface area contributed by atoms with Crippen molar-refractivity contribution in [2.24, 2.45) is 5.92 Å². The van der Waals surface area contributed by atoms with Gasteiger partial charge in [-0.05, 0) is 87.7 Å². The molecule has 0 saturated heterocycles. The number of hydrogen-bond donors (Lipinski definition) is 3. The molecule has 0 radical (unpaired) electrons. The fourth-order valence-corrected chi connectivity index (χ4v) is 6.55. The average molecular weight is 701 g/mol. The molecule has 1 aliphatic rings. The molecule has 3 aromatic rings. The molecule has 1 heterocycles. The summed E-state index contributed by atoms with van der Waals surface area (Å²) in [5.74, 6) is -0.385. The van der Waals surface area contributed by atoms with Crippen molar-refractivity contribution in [3.63, 3.8) is 0 Å². The lowest BCUT2D eigenvalue weighted by molar-refractivity contribution is -0.0115. The minimum absolute atomic E-state index is 0.0148. The van der Waals surface area contributed by atoms with Crippen LogP contribution in [0.5, 0.6) is 5.75 Å². The summed E-state index contributed by atoms with van der Waals surface area (Å²) in [5, 5.41) is 13.5. The molecule has 0 saturated carbocycles. The number of para-hydroxylation sites is 1. The first-order chi connectivity index (χ1) is 22.9. The third-order valence-corrected chi connectivity index (χ3v) is 9.90. The summed E-state index contributed by atoms with van der Waals surface area (Å²) in [5.41, 5.74) is 0.999. The highest BCUT2D eigenvalue weighted by atomic mass is 35.5. The zero-order valence-corrected chi connectivity index (χ0v) is 29.3. The van der Waals surface area contributed by atoms with Crippen LogP contribution in [-0.2, 0) is 14.8 Å². The highest BCUT2D eigenvalue weighted by molar-refractivity contribution is 7.92. The number of fused-ring (bicyclic) bond motifs is 1. The lowest BCUT2D eigenvalue weighted by atomic mass is 10.0. The Morgan fingerprint density at radius 2 is 1.77 bits per heavy atom. The molecule has 11 nitrogen and oxygen atoms in total. The van der Waals surface area contributed by atoms with Crippen LogP contribution in [0.2, 0.25) is 5.02 Å². The maximum Gasteiger partial charge on any atom is 0.321 e. The molecule has 0 unspecified atom stereocenters. The minimum Gasteiger partial charge on any atom is -0.490 e. The highest BCUT2D eigenvalue weighted by Crippen LogP contribution is 2.30. The first kappa shape index (κ1) is 37.0. The van der Waals surface area contributed by atoms with Gasteiger partial charge in [0.1, 0.15) is 5.75 Å². The summed E-state index contributed by atoms with van der Waals surface area (Å²) < 4.78 is 41.5. The summed E-state index contributed by atoms with van der Waals surface area (Å²) in [6.45, 7) is 6.21. The van der Waals surface area contributed by atoms with E-state index >= 15 is 0 Å². The number of aliphatic hydroxyl groups is 1. The van der Waals surface area contributed by atoms with E-state index in [0.29, 0.717) is 29.5 Å². The molecular formula is C35H45ClN4O7S. The third kappa shape index (κ3) is 10.1. The molecular weight excluding hydrogens is 656 g/mol. The lowest BCUT2D eigenvalue weighted by Crippen LogP contribution is -2.48. The van der Waals surface area contributed by atoms with Gasteiger partial charge in [0.2, 0.25) is 0 Å². The molecule has 0 aliphatic carbocycles. The number of likely N-dealkylation sites (N-methyl/N-ethyl adjacent to an activating group) is 1. The second kappa shape index (κ2) is 17.0. The number of hydrogen-bond acceptors (Lipinski definition) is 7. The molecule has 0 spiro atoms. The van der Waals surface area contributed by atoms with Crippen LogP contribution < -0.4 is 14.8 Å². The van der Waals surface area contributed by atoms with Crippen molar-refractivity contribution >= 4 is 44.9 Å². The molecule has 1 aliphatic heterocycles. The Morgan fingerprint density at radius 1 is 1.06 bits per heavy atom. The quantitative estimate of drug-likeness (QED) is 0.258. The van der Waals surface area contributed by atoms with Gasteiger partial charge in [-0.2, -0.15) is 0 Å². The Bertz CT molecular complexity index is 1630. The molecule has 0 aromatic heterocycles. The number of carbonyl (C=O) groups excluding carboxylic acids is 2. The van der Waals surface area contributed by atoms with E-state index in [-0.39, 0.29) is 53.9 Å². The van der Waals surface area contributed by atoms with Gasteiger partial charge in [-0.1, -0.05) is 36.7 Å². The number of urea groups is 1. The Balaban J connectivity index is 1.63. The Morgan fingerprint density at radius 3 is 2.46 bits per heavy atom. The summed E-state index contributed by atoms with van der Waals surface area (Å²) in [6.07, 6.45) is 1.60. The number of benzene rings is 3. The molecule has 48 heavy (non-hydrogen) atoms. The van der Waals surface area contributed by atoms with Crippen molar-refractivity contribution in [1.82, 2.24) is 9.80 Å². The second-order valence-corrected chi connectivity index (χ2v) is 14.4. The van der Waals surface area contributed by atoms with Crippen LogP contribution in [0.3, 0.4) is 0 Å². The zero-order valence-electron chi connectivity index (χ0n) is 27.8. The van der Waals surface area contributed by atoms with Crippen molar-refractivity contribution in [3.05, 3.63) is 83.4 Å². The number of aliphatic hydroxyl groups excluding tert-OH is 1. The number of sulfonamides is 1. The number of carbonyl (C=O) groups is 2. The van der Waals surface area contributed by atoms with Crippen LogP contribution in [0.4, 0.5) is 16.2 Å². The van der Waals surface area contributed by atoms with Gasteiger partial charge in [0.05, 0.1) is 35.3 Å². The number of nitrogens with one attached hydrogen (secondary N) is 2. The van der Waals surface area contributed by atoms with E-state index in [1.165, 1.54) is 30.3 Å². The summed E-state index contributed by atoms with van der Waals surface area (Å²) in [4.78, 5) is 30.5. The third-order valence-electron chi connectivity index (χ3n) is 8.25. The molecule has 3 amide bonds. The number of rotatable bonds is 8. The Kier molecular flexibility index (Phi) is 13.1. The summed E-state index contributed by atoms with van der Waals surface area (Å²) in [7, 11) is -2.30. The predicted molar refractivity (Wildman–Crippen MR) is 187 cm³/mol. The number of nitrogens with zero attached hydrogens (tertiary/aromatic N) is 2. The van der Waals surface area contributed by atoms with Crippen LogP contribution in [0.15, 0.2) is 77.7 Å². The number of ether oxygens (including phenoxy) is 2. The van der Waals surface area contributed by atoms with Crippen LogP contribution in [0.1, 0.15) is 50.4 Å². The monoisotopic (exact) mass is 700 g/mol. The van der Waals surface area contributed by atoms with Gasteiger partial charge in [-0.15, -0.1) is 0 Å². The maximum atomic E-state index is 14.4. The van der Waals surface area contributed by atoms with Crippen LogP contribution in [-0.4, -0.2) is 86.9 Å². The van der Waals surface area contributed by atoms with E-state index in [2.05, 4.69) is 10.0 Å². The van der Waals surface area contributed by atoms with Crippen LogP contribution in [0.25, 0.3) is 0 Å². The first-order valence-electron chi connectivity index (χ1n) is 16.1. The van der Waals surface area contributed by atoms with E-state index in [4.69, 9.17) is 21.1 Å². The molecule has 4 rings (SSSR count). The highest BCUT2D eigenvalue weighted by Gasteiger charge is 2.31. The molecule has 3 N–H and O–H groups in total. The predicted octanol–water partition coefficient (Wildman–Crippen LogP) is 6.10. The standard InChI is InChI=1S/C35H45ClN4O7S/c1-24-21-40(25(2)23-41)34(42)31-20-29(38-48(44,45)30-16-13-27(36)14-17-30)15-18-32(31)47-26(3)10-8-9-19-46-33(24)22-39(4)35(43)37-28-11-6-5-7-12-28/h5-7,11-18,20,24-26,33,38,41H,8-10,19,21-23H2,1-4H3,(H,37,43)/t24-,25+,26-,33+/m1/s1. The van der Waals surface area contributed by atoms with Crippen LogP contribution in [0, 0.1) is 5.92 Å². The fourth-order valence-electron chi connectivity index (χ4n) is 5.37. The summed E-state index contributed by atoms with van der Waals surface area (Å²) >= 11 is 5.95. The second-order valence-electron chi connectivity index (χ2n) is 12.2. The van der Waals surface area contributed by atoms with Crippen molar-refractivity contribution in [1.29, 1.82) is 0 Å². The molecule has 4 atom stereocenters. The Hall–Kier alpha value is -3.84. The molecule has 0 bridgehead atoms. The number of halogens is 1. The van der Waals surface area contributed by atoms with E-state index in [9.17, 15) is 23.1 Å². The number of amides is 3. The molecule has 3 aromatic carbocycles. The zero-order chi connectivity index (χ0) is 34.8. The average Bonchev–Trinajstić information content (AvgIpc) is 3.06. The minimum atomic E-state index is -3.99. The lowest BCUT2D eigenvalue weighted by Gasteiger charge is -2.35. The Labute approximate surface area is 288 Å². The SMILES string of the molecule is C[C@@H]1CCCCO[C@@H](CN(C)C(=O)Nc2ccccc2)[C@H](C)CN([C@@H](C)CO)C(=O)c2cc(NS(=O)(=O)c3ccc(Cl)cc3)ccc2O1. The number of anilines is 2. The van der Waals surface area contributed by atoms with E-state index in [1.807, 2.05) is 44.2 Å². The van der Waals surface area contributed by atoms with Gasteiger partial charge in [0.15, 0.2) is 0 Å². The summed E-state index contributed by atoms with van der Waals surface area (Å²) in [6, 6.07) is 18.7. The van der Waals surface area contributed by atoms with Crippen molar-refractivity contribution < 1.29 is 32.6 Å². The maximum absolute atomic E-state index is 14.4. The molecule has 0 fully saturated rings. The smallest absolute Gasteiger partial charge is 0.321 e. The van der Waals surface area contributed by atoms with Crippen molar-refractivity contribution in [3.8, 4) is 5.75 Å². The molecule has 260 valence electrons. The normalized spacial score (nSPS) is 20.1. The van der Waals surface area contributed by atoms with Crippen molar-refractivity contribution in [2.75, 3.05) is 43.4 Å². The fraction of sp³-hybridized carbons (Fsp3) is 0.429.